The summed E-state index contributed by atoms with van der Waals surface area (Å²) < 4.78 is 65.7. The zero-order valence-corrected chi connectivity index (χ0v) is 32.6. The molecule has 0 rings (SSSR count). The fourth-order valence-corrected chi connectivity index (χ4v) is 4.17. The minimum Gasteiger partial charge on any atom is -0.462 e. The van der Waals surface area contributed by atoms with E-state index in [1.54, 1.807) is 0 Å². The molecule has 0 heterocycles. The molecule has 0 bridgehead atoms. The van der Waals surface area contributed by atoms with Crippen LogP contribution in [-0.4, -0.2) is 157 Å². The largest absolute Gasteiger partial charge is 0.462 e. The smallest absolute Gasteiger partial charge is 0.330 e. The first-order chi connectivity index (χ1) is 26.2. The third-order valence-corrected chi connectivity index (χ3v) is 6.88. The summed E-state index contributed by atoms with van der Waals surface area (Å²) in [5.74, 6) is -0.807. The molecule has 0 atom stereocenters. The number of hydrogen-bond acceptors (Lipinski definition) is 14. The quantitative estimate of drug-likeness (QED) is 0.0471. The summed E-state index contributed by atoms with van der Waals surface area (Å²) >= 11 is 0. The Hall–Kier alpha value is -1.98. The first-order valence-corrected chi connectivity index (χ1v) is 19.6. The van der Waals surface area contributed by atoms with E-state index in [4.69, 9.17) is 56.8 Å². The van der Waals surface area contributed by atoms with Crippen LogP contribution in [0.2, 0.25) is 0 Å². The highest BCUT2D eigenvalue weighted by Crippen LogP contribution is 1.96. The predicted octanol–water partition coefficient (Wildman–Crippen LogP) is 4.90. The van der Waals surface area contributed by atoms with Gasteiger partial charge in [0.15, 0.2) is 0 Å². The Morgan fingerprint density at radius 2 is 0.396 bits per heavy atom. The molecular formula is C39H72O14. The van der Waals surface area contributed by atoms with E-state index in [0.717, 1.165) is 69.9 Å². The second-order valence-corrected chi connectivity index (χ2v) is 11.8. The second kappa shape index (κ2) is 46.2. The van der Waals surface area contributed by atoms with Gasteiger partial charge in [-0.2, -0.15) is 0 Å². The third-order valence-electron chi connectivity index (χ3n) is 6.88. The molecule has 14 heteroatoms. The molecule has 14 nitrogen and oxygen atoms in total. The number of hydrogen-bond donors (Lipinski definition) is 0. The summed E-state index contributed by atoms with van der Waals surface area (Å²) in [5.41, 5.74) is 0. The monoisotopic (exact) mass is 764 g/mol. The van der Waals surface area contributed by atoms with E-state index in [0.29, 0.717) is 158 Å². The number of carbonyl (C=O) groups excluding carboxylic acids is 2. The Balaban J connectivity index is 3.07. The Bertz CT molecular complexity index is 723. The van der Waals surface area contributed by atoms with Crippen LogP contribution >= 0.6 is 0 Å². The maximum absolute atomic E-state index is 10.9. The highest BCUT2D eigenvalue weighted by Gasteiger charge is 1.99. The molecule has 0 N–H and O–H groups in total. The zero-order valence-electron chi connectivity index (χ0n) is 32.6. The Morgan fingerprint density at radius 3 is 0.528 bits per heavy atom. The van der Waals surface area contributed by atoms with Gasteiger partial charge >= 0.3 is 11.9 Å². The molecule has 0 saturated carbocycles. The van der Waals surface area contributed by atoms with Crippen molar-refractivity contribution in [3.05, 3.63) is 25.3 Å². The lowest BCUT2D eigenvalue weighted by molar-refractivity contribution is -0.139. The van der Waals surface area contributed by atoms with Crippen LogP contribution in [0.3, 0.4) is 0 Å². The lowest BCUT2D eigenvalue weighted by Crippen LogP contribution is -2.09. The molecule has 0 aliphatic carbocycles. The van der Waals surface area contributed by atoms with Crippen LogP contribution in [0.15, 0.2) is 25.3 Å². The lowest BCUT2D eigenvalue weighted by atomic mass is 10.4. The van der Waals surface area contributed by atoms with Gasteiger partial charge in [-0.3, -0.25) is 0 Å². The molecule has 0 fully saturated rings. The van der Waals surface area contributed by atoms with Crippen LogP contribution < -0.4 is 0 Å². The van der Waals surface area contributed by atoms with Gasteiger partial charge in [0.2, 0.25) is 0 Å². The van der Waals surface area contributed by atoms with Gasteiger partial charge in [-0.25, -0.2) is 9.59 Å². The van der Waals surface area contributed by atoms with Crippen molar-refractivity contribution in [1.82, 2.24) is 0 Å². The molecule has 0 aliphatic rings. The molecule has 312 valence electrons. The van der Waals surface area contributed by atoms with Crippen molar-refractivity contribution < 1.29 is 66.4 Å². The number of ether oxygens (including phenoxy) is 12. The van der Waals surface area contributed by atoms with Crippen molar-refractivity contribution in [2.45, 2.75) is 70.6 Å². The van der Waals surface area contributed by atoms with Crippen LogP contribution in [0.4, 0.5) is 0 Å². The van der Waals surface area contributed by atoms with E-state index in [1.807, 2.05) is 0 Å². The standard InChI is InChI=1S/C39H72O14/c1-3-38(40)52-36-14-34-50-32-12-30-48-28-10-26-46-24-8-22-44-20-6-18-42-16-5-17-43-19-7-21-45-23-9-25-47-27-11-29-49-31-13-33-51-35-15-37-53-39(41)4-2/h3-4H,1-2,5-37H2. The lowest BCUT2D eigenvalue weighted by Gasteiger charge is -2.08. The van der Waals surface area contributed by atoms with Crippen molar-refractivity contribution >= 4 is 11.9 Å². The maximum atomic E-state index is 10.9. The van der Waals surface area contributed by atoms with Gasteiger partial charge in [-0.05, 0) is 57.8 Å². The molecule has 53 heavy (non-hydrogen) atoms. The molecule has 0 radical (unpaired) electrons. The van der Waals surface area contributed by atoms with E-state index >= 15 is 0 Å². The van der Waals surface area contributed by atoms with Crippen molar-refractivity contribution in [2.24, 2.45) is 0 Å². The van der Waals surface area contributed by atoms with E-state index in [9.17, 15) is 9.59 Å². The first kappa shape index (κ1) is 51.0. The summed E-state index contributed by atoms with van der Waals surface area (Å²) in [5, 5.41) is 0. The van der Waals surface area contributed by atoms with Crippen LogP contribution in [0.1, 0.15) is 70.6 Å². The molecule has 0 amide bonds. The molecular weight excluding hydrogens is 692 g/mol. The summed E-state index contributed by atoms with van der Waals surface area (Å²) in [7, 11) is 0. The third kappa shape index (κ3) is 46.1. The normalized spacial score (nSPS) is 11.2. The minimum atomic E-state index is -0.404. The SMILES string of the molecule is C=CC(=O)OCCCOCCCOCCCOCCCOCCCOCCCOCCCOCCCOCCCOCCCOCCCOC(=O)C=C. The van der Waals surface area contributed by atoms with Gasteiger partial charge in [-0.1, -0.05) is 13.2 Å². The van der Waals surface area contributed by atoms with Crippen molar-refractivity contribution in [1.29, 1.82) is 0 Å². The maximum Gasteiger partial charge on any atom is 0.330 e. The second-order valence-electron chi connectivity index (χ2n) is 11.8. The number of esters is 2. The van der Waals surface area contributed by atoms with Gasteiger partial charge in [0.1, 0.15) is 0 Å². The Labute approximate surface area is 319 Å². The Kier molecular flexibility index (Phi) is 44.5. The molecule has 0 aromatic heterocycles. The summed E-state index contributed by atoms with van der Waals surface area (Å²) in [6.07, 6.45) is 11.5. The van der Waals surface area contributed by atoms with Gasteiger partial charge < -0.3 is 56.8 Å². The van der Waals surface area contributed by atoms with Gasteiger partial charge in [0.25, 0.3) is 0 Å². The number of carbonyl (C=O) groups is 2. The highest BCUT2D eigenvalue weighted by atomic mass is 16.5. The average Bonchev–Trinajstić information content (AvgIpc) is 3.17. The van der Waals surface area contributed by atoms with E-state index in [1.165, 1.54) is 0 Å². The van der Waals surface area contributed by atoms with Crippen LogP contribution in [0, 0.1) is 0 Å². The molecule has 0 aromatic carbocycles. The van der Waals surface area contributed by atoms with Crippen molar-refractivity contribution in [3.8, 4) is 0 Å². The molecule has 0 aliphatic heterocycles. The molecule has 0 aromatic rings. The van der Waals surface area contributed by atoms with E-state index in [2.05, 4.69) is 13.2 Å². The first-order valence-electron chi connectivity index (χ1n) is 19.6. The van der Waals surface area contributed by atoms with Gasteiger partial charge in [0, 0.05) is 157 Å². The van der Waals surface area contributed by atoms with Crippen molar-refractivity contribution in [3.63, 3.8) is 0 Å². The van der Waals surface area contributed by atoms with Crippen molar-refractivity contribution in [2.75, 3.05) is 145 Å². The average molecular weight is 765 g/mol. The van der Waals surface area contributed by atoms with Crippen LogP contribution in [0.5, 0.6) is 0 Å². The summed E-state index contributed by atoms with van der Waals surface area (Å²) in [6, 6.07) is 0. The fraction of sp³-hybridized carbons (Fsp3) is 0.846. The molecule has 0 saturated heterocycles. The molecule has 0 spiro atoms. The zero-order chi connectivity index (χ0) is 38.4. The molecule has 0 unspecified atom stereocenters. The topological polar surface area (TPSA) is 145 Å². The van der Waals surface area contributed by atoms with E-state index in [-0.39, 0.29) is 0 Å². The van der Waals surface area contributed by atoms with Gasteiger partial charge in [0.05, 0.1) is 13.2 Å². The minimum absolute atomic E-state index is 0.348. The van der Waals surface area contributed by atoms with Crippen LogP contribution in [-0.2, 0) is 66.4 Å². The summed E-state index contributed by atoms with van der Waals surface area (Å²) in [4.78, 5) is 21.8. The van der Waals surface area contributed by atoms with Crippen LogP contribution in [0.25, 0.3) is 0 Å². The predicted molar refractivity (Wildman–Crippen MR) is 201 cm³/mol. The number of rotatable bonds is 46. The van der Waals surface area contributed by atoms with E-state index < -0.39 is 11.9 Å². The fourth-order valence-electron chi connectivity index (χ4n) is 4.17. The highest BCUT2D eigenvalue weighted by molar-refractivity contribution is 5.81. The van der Waals surface area contributed by atoms with Gasteiger partial charge in [-0.15, -0.1) is 0 Å². The summed E-state index contributed by atoms with van der Waals surface area (Å²) in [6.45, 7) is 20.7. The Morgan fingerprint density at radius 1 is 0.264 bits per heavy atom.